The monoisotopic (exact) mass is 524 g/mol. The van der Waals surface area contributed by atoms with Gasteiger partial charge >= 0.3 is 11.9 Å². The highest BCUT2D eigenvalue weighted by molar-refractivity contribution is 5.69. The van der Waals surface area contributed by atoms with Gasteiger partial charge in [0.1, 0.15) is 0 Å². The van der Waals surface area contributed by atoms with E-state index in [-0.39, 0.29) is 11.9 Å². The Morgan fingerprint density at radius 2 is 0.676 bits per heavy atom. The van der Waals surface area contributed by atoms with Gasteiger partial charge in [-0.05, 0) is 37.5 Å². The van der Waals surface area contributed by atoms with Crippen LogP contribution in [0, 0.1) is 11.8 Å². The molecule has 0 rings (SSSR count). The quantitative estimate of drug-likeness (QED) is 0.0754. The van der Waals surface area contributed by atoms with Crippen molar-refractivity contribution in [1.29, 1.82) is 0 Å². The van der Waals surface area contributed by atoms with Crippen molar-refractivity contribution in [2.75, 3.05) is 13.2 Å². The third kappa shape index (κ3) is 31.1. The summed E-state index contributed by atoms with van der Waals surface area (Å²) < 4.78 is 10.7. The zero-order chi connectivity index (χ0) is 27.4. The lowest BCUT2D eigenvalue weighted by molar-refractivity contribution is -0.144. The maximum absolute atomic E-state index is 11.9. The van der Waals surface area contributed by atoms with Crippen LogP contribution in [0.15, 0.2) is 0 Å². The molecule has 0 aromatic rings. The van der Waals surface area contributed by atoms with E-state index >= 15 is 0 Å². The predicted octanol–water partition coefficient (Wildman–Crippen LogP) is 10.4. The molecular weight excluding hydrogens is 460 g/mol. The van der Waals surface area contributed by atoms with Crippen molar-refractivity contribution < 1.29 is 19.1 Å². The Bertz CT molecular complexity index is 501. The van der Waals surface area contributed by atoms with Gasteiger partial charge in [0.05, 0.1) is 13.2 Å². The number of ether oxygens (including phenoxy) is 2. The van der Waals surface area contributed by atoms with Gasteiger partial charge in [-0.15, -0.1) is 0 Å². The van der Waals surface area contributed by atoms with Crippen LogP contribution in [-0.4, -0.2) is 25.2 Å². The Labute approximate surface area is 231 Å². The topological polar surface area (TPSA) is 52.6 Å². The van der Waals surface area contributed by atoms with Gasteiger partial charge in [-0.2, -0.15) is 0 Å². The molecule has 0 radical (unpaired) electrons. The molecule has 37 heavy (non-hydrogen) atoms. The summed E-state index contributed by atoms with van der Waals surface area (Å²) in [6, 6.07) is 0. The summed E-state index contributed by atoms with van der Waals surface area (Å²) in [5.74, 6) is 1.56. The number of hydrogen-bond acceptors (Lipinski definition) is 4. The smallest absolute Gasteiger partial charge is 0.305 e. The third-order valence-corrected chi connectivity index (χ3v) is 7.14. The molecule has 0 N–H and O–H groups in total. The van der Waals surface area contributed by atoms with E-state index in [9.17, 15) is 9.59 Å². The number of esters is 2. The van der Waals surface area contributed by atoms with Gasteiger partial charge in [0.15, 0.2) is 0 Å². The summed E-state index contributed by atoms with van der Waals surface area (Å²) in [6.07, 6.45) is 26.2. The lowest BCUT2D eigenvalue weighted by atomic mass is 10.0. The second-order valence-electron chi connectivity index (χ2n) is 12.0. The summed E-state index contributed by atoms with van der Waals surface area (Å²) in [4.78, 5) is 23.7. The van der Waals surface area contributed by atoms with Crippen LogP contribution in [0.1, 0.15) is 175 Å². The van der Waals surface area contributed by atoms with Crippen molar-refractivity contribution in [3.63, 3.8) is 0 Å². The fourth-order valence-corrected chi connectivity index (χ4v) is 4.66. The fraction of sp³-hybridized carbons (Fsp3) is 0.939. The third-order valence-electron chi connectivity index (χ3n) is 7.14. The zero-order valence-corrected chi connectivity index (χ0v) is 25.5. The molecule has 0 aromatic carbocycles. The predicted molar refractivity (Wildman–Crippen MR) is 158 cm³/mol. The van der Waals surface area contributed by atoms with Crippen LogP contribution in [0.4, 0.5) is 0 Å². The van der Waals surface area contributed by atoms with Gasteiger partial charge < -0.3 is 9.47 Å². The lowest BCUT2D eigenvalue weighted by Gasteiger charge is -2.06. The summed E-state index contributed by atoms with van der Waals surface area (Å²) in [6.45, 7) is 10.3. The Balaban J connectivity index is 3.27. The van der Waals surface area contributed by atoms with Crippen LogP contribution in [0.25, 0.3) is 0 Å². The van der Waals surface area contributed by atoms with E-state index < -0.39 is 0 Å². The first-order valence-corrected chi connectivity index (χ1v) is 16.2. The molecule has 0 saturated heterocycles. The lowest BCUT2D eigenvalue weighted by Crippen LogP contribution is -2.06. The first-order chi connectivity index (χ1) is 17.9. The van der Waals surface area contributed by atoms with Crippen molar-refractivity contribution in [1.82, 2.24) is 0 Å². The molecule has 0 unspecified atom stereocenters. The fourth-order valence-electron chi connectivity index (χ4n) is 4.66. The standard InChI is InChI=1S/C33H64O4/c1-30(2)24-18-12-7-5-6-10-16-22-28-36-32(34)26-20-14-8-9-15-21-27-33(35)37-29-23-17-11-13-19-25-31(3)4/h30-31H,5-29H2,1-4H3. The van der Waals surface area contributed by atoms with Gasteiger partial charge in [-0.25, -0.2) is 0 Å². The number of carbonyl (C=O) groups excluding carboxylic acids is 2. The number of unbranched alkanes of at least 4 members (excludes halogenated alkanes) is 16. The molecule has 0 amide bonds. The molecular formula is C33H64O4. The van der Waals surface area contributed by atoms with Crippen LogP contribution >= 0.6 is 0 Å². The average molecular weight is 525 g/mol. The first-order valence-electron chi connectivity index (χ1n) is 16.2. The molecule has 0 saturated carbocycles. The summed E-state index contributed by atoms with van der Waals surface area (Å²) >= 11 is 0. The molecule has 0 aromatic heterocycles. The Morgan fingerprint density at radius 1 is 0.405 bits per heavy atom. The van der Waals surface area contributed by atoms with E-state index in [4.69, 9.17) is 9.47 Å². The molecule has 0 bridgehead atoms. The number of rotatable bonds is 28. The van der Waals surface area contributed by atoms with Gasteiger partial charge in [0.25, 0.3) is 0 Å². The van der Waals surface area contributed by atoms with E-state index in [1.807, 2.05) is 0 Å². The van der Waals surface area contributed by atoms with E-state index in [1.165, 1.54) is 77.0 Å². The minimum absolute atomic E-state index is 0.0385. The SMILES string of the molecule is CC(C)CCCCCCCCCCOC(=O)CCCCCCCCC(=O)OCCCCCCCC(C)C. The molecule has 0 heterocycles. The normalized spacial score (nSPS) is 11.4. The highest BCUT2D eigenvalue weighted by atomic mass is 16.5. The number of carbonyl (C=O) groups is 2. The van der Waals surface area contributed by atoms with Crippen LogP contribution in [0.5, 0.6) is 0 Å². The molecule has 4 heteroatoms. The maximum atomic E-state index is 11.9. The van der Waals surface area contributed by atoms with Crippen molar-refractivity contribution in [2.24, 2.45) is 11.8 Å². The van der Waals surface area contributed by atoms with Crippen LogP contribution in [-0.2, 0) is 19.1 Å². The summed E-state index contributed by atoms with van der Waals surface area (Å²) in [7, 11) is 0. The minimum atomic E-state index is -0.0420. The van der Waals surface area contributed by atoms with Crippen LogP contribution in [0.2, 0.25) is 0 Å². The molecule has 0 aliphatic heterocycles. The highest BCUT2D eigenvalue weighted by Crippen LogP contribution is 2.14. The molecule has 0 atom stereocenters. The van der Waals surface area contributed by atoms with Crippen molar-refractivity contribution in [3.8, 4) is 0 Å². The Hall–Kier alpha value is -1.06. The Kier molecular flexibility index (Phi) is 27.2. The molecule has 0 fully saturated rings. The molecule has 0 aliphatic carbocycles. The van der Waals surface area contributed by atoms with E-state index in [0.717, 1.165) is 69.6 Å². The highest BCUT2D eigenvalue weighted by Gasteiger charge is 2.05. The molecule has 220 valence electrons. The van der Waals surface area contributed by atoms with Crippen molar-refractivity contribution in [3.05, 3.63) is 0 Å². The molecule has 0 spiro atoms. The summed E-state index contributed by atoms with van der Waals surface area (Å²) in [5.41, 5.74) is 0. The maximum Gasteiger partial charge on any atom is 0.305 e. The van der Waals surface area contributed by atoms with Gasteiger partial charge in [-0.3, -0.25) is 9.59 Å². The largest absolute Gasteiger partial charge is 0.466 e. The van der Waals surface area contributed by atoms with Gasteiger partial charge in [-0.1, -0.05) is 137 Å². The average Bonchev–Trinajstić information content (AvgIpc) is 2.85. The van der Waals surface area contributed by atoms with Gasteiger partial charge in [0, 0.05) is 12.8 Å². The molecule has 0 aliphatic rings. The first kappa shape index (κ1) is 35.9. The second-order valence-corrected chi connectivity index (χ2v) is 12.0. The molecule has 4 nitrogen and oxygen atoms in total. The number of hydrogen-bond donors (Lipinski definition) is 0. The van der Waals surface area contributed by atoms with Crippen LogP contribution < -0.4 is 0 Å². The van der Waals surface area contributed by atoms with Crippen molar-refractivity contribution in [2.45, 2.75) is 175 Å². The Morgan fingerprint density at radius 3 is 1.00 bits per heavy atom. The van der Waals surface area contributed by atoms with Gasteiger partial charge in [0.2, 0.25) is 0 Å². The van der Waals surface area contributed by atoms with E-state index in [2.05, 4.69) is 27.7 Å². The van der Waals surface area contributed by atoms with Crippen LogP contribution in [0.3, 0.4) is 0 Å². The van der Waals surface area contributed by atoms with E-state index in [0.29, 0.717) is 26.1 Å². The van der Waals surface area contributed by atoms with E-state index in [1.54, 1.807) is 0 Å². The zero-order valence-electron chi connectivity index (χ0n) is 25.5. The minimum Gasteiger partial charge on any atom is -0.466 e. The second kappa shape index (κ2) is 28.0. The van der Waals surface area contributed by atoms with Crippen molar-refractivity contribution >= 4 is 11.9 Å². The summed E-state index contributed by atoms with van der Waals surface area (Å²) in [5, 5.41) is 0.